The van der Waals surface area contributed by atoms with Crippen molar-refractivity contribution in [3.05, 3.63) is 57.5 Å². The maximum Gasteiger partial charge on any atom is 0.337 e. The second-order valence-electron chi connectivity index (χ2n) is 4.37. The molecule has 1 heterocycles. The van der Waals surface area contributed by atoms with Crippen LogP contribution in [0.2, 0.25) is 0 Å². The van der Waals surface area contributed by atoms with Gasteiger partial charge in [-0.15, -0.1) is 0 Å². The van der Waals surface area contributed by atoms with Crippen LogP contribution in [0.4, 0.5) is 0 Å². The van der Waals surface area contributed by atoms with Crippen LogP contribution in [0, 0.1) is 13.8 Å². The second kappa shape index (κ2) is 5.10. The third kappa shape index (κ3) is 2.42. The molecule has 0 atom stereocenters. The molecular formula is C15H15NO3. The molecule has 0 unspecified atom stereocenters. The van der Waals surface area contributed by atoms with E-state index < -0.39 is 0 Å². The Kier molecular flexibility index (Phi) is 3.51. The number of carbonyl (C=O) groups excluding carboxylic acids is 1. The smallest absolute Gasteiger partial charge is 0.337 e. The summed E-state index contributed by atoms with van der Waals surface area (Å²) < 4.78 is 4.65. The first-order valence-electron chi connectivity index (χ1n) is 5.92. The zero-order chi connectivity index (χ0) is 14.0. The summed E-state index contributed by atoms with van der Waals surface area (Å²) in [6.45, 7) is 3.72. The van der Waals surface area contributed by atoms with Crippen molar-refractivity contribution in [1.29, 1.82) is 0 Å². The molecule has 0 aliphatic carbocycles. The minimum Gasteiger partial charge on any atom is -0.465 e. The molecule has 0 fully saturated rings. The number of ether oxygens (including phenoxy) is 1. The Hall–Kier alpha value is -2.36. The van der Waals surface area contributed by atoms with Crippen LogP contribution in [0.3, 0.4) is 0 Å². The third-order valence-electron chi connectivity index (χ3n) is 3.12. The summed E-state index contributed by atoms with van der Waals surface area (Å²) >= 11 is 0. The maximum atomic E-state index is 11.7. The molecule has 0 radical (unpaired) electrons. The molecule has 0 bridgehead atoms. The van der Waals surface area contributed by atoms with Crippen molar-refractivity contribution >= 4 is 5.97 Å². The van der Waals surface area contributed by atoms with Crippen LogP contribution in [0.15, 0.2) is 35.3 Å². The number of carbonyl (C=O) groups is 1. The molecule has 2 aromatic rings. The minimum absolute atomic E-state index is 0.0994. The van der Waals surface area contributed by atoms with Gasteiger partial charge in [0.15, 0.2) is 0 Å². The number of esters is 1. The van der Waals surface area contributed by atoms with Crippen LogP contribution in [0.5, 0.6) is 0 Å². The molecule has 0 spiro atoms. The number of aromatic nitrogens is 1. The Morgan fingerprint density at radius 2 is 1.79 bits per heavy atom. The van der Waals surface area contributed by atoms with E-state index in [9.17, 15) is 9.59 Å². The van der Waals surface area contributed by atoms with Gasteiger partial charge in [0, 0.05) is 11.8 Å². The first-order valence-corrected chi connectivity index (χ1v) is 5.92. The second-order valence-corrected chi connectivity index (χ2v) is 4.37. The lowest BCUT2D eigenvalue weighted by atomic mass is 9.97. The van der Waals surface area contributed by atoms with Gasteiger partial charge in [-0.3, -0.25) is 4.79 Å². The number of methoxy groups -OCH3 is 1. The molecule has 1 N–H and O–H groups in total. The predicted molar refractivity (Wildman–Crippen MR) is 73.3 cm³/mol. The van der Waals surface area contributed by atoms with E-state index in [0.717, 1.165) is 16.7 Å². The van der Waals surface area contributed by atoms with Crippen molar-refractivity contribution in [3.8, 4) is 11.1 Å². The molecule has 2 rings (SSSR count). The molecule has 0 saturated carbocycles. The summed E-state index contributed by atoms with van der Waals surface area (Å²) in [4.78, 5) is 25.7. The number of nitrogens with one attached hydrogen (secondary N) is 1. The quantitative estimate of drug-likeness (QED) is 0.841. The Morgan fingerprint density at radius 3 is 2.37 bits per heavy atom. The SMILES string of the molecule is COC(=O)c1ccc(-c2c(C)c[nH]c(=O)c2C)cc1. The topological polar surface area (TPSA) is 59.2 Å². The number of benzene rings is 1. The highest BCUT2D eigenvalue weighted by Gasteiger charge is 2.10. The highest BCUT2D eigenvalue weighted by atomic mass is 16.5. The van der Waals surface area contributed by atoms with E-state index in [1.54, 1.807) is 25.3 Å². The Balaban J connectivity index is 2.52. The molecular weight excluding hydrogens is 242 g/mol. The van der Waals surface area contributed by atoms with Gasteiger partial charge >= 0.3 is 5.97 Å². The van der Waals surface area contributed by atoms with Crippen molar-refractivity contribution in [3.63, 3.8) is 0 Å². The minimum atomic E-state index is -0.370. The lowest BCUT2D eigenvalue weighted by Crippen LogP contribution is -2.11. The summed E-state index contributed by atoms with van der Waals surface area (Å²) in [6.07, 6.45) is 1.69. The van der Waals surface area contributed by atoms with Crippen molar-refractivity contribution in [1.82, 2.24) is 4.98 Å². The van der Waals surface area contributed by atoms with Gasteiger partial charge in [0.25, 0.3) is 5.56 Å². The van der Waals surface area contributed by atoms with Gasteiger partial charge in [-0.1, -0.05) is 12.1 Å². The van der Waals surface area contributed by atoms with Gasteiger partial charge in [0.1, 0.15) is 0 Å². The van der Waals surface area contributed by atoms with Crippen LogP contribution >= 0.6 is 0 Å². The van der Waals surface area contributed by atoms with Crippen molar-refractivity contribution < 1.29 is 9.53 Å². The number of rotatable bonds is 2. The van der Waals surface area contributed by atoms with Crippen molar-refractivity contribution in [2.24, 2.45) is 0 Å². The van der Waals surface area contributed by atoms with Crippen LogP contribution in [0.25, 0.3) is 11.1 Å². The first kappa shape index (κ1) is 13.1. The molecule has 0 saturated heterocycles. The fourth-order valence-corrected chi connectivity index (χ4v) is 2.10. The Bertz CT molecular complexity index is 669. The van der Waals surface area contributed by atoms with Crippen LogP contribution in [-0.4, -0.2) is 18.1 Å². The maximum absolute atomic E-state index is 11.7. The highest BCUT2D eigenvalue weighted by molar-refractivity contribution is 5.90. The Labute approximate surface area is 111 Å². The average Bonchev–Trinajstić information content (AvgIpc) is 2.43. The lowest BCUT2D eigenvalue weighted by Gasteiger charge is -2.09. The van der Waals surface area contributed by atoms with E-state index >= 15 is 0 Å². The summed E-state index contributed by atoms with van der Waals surface area (Å²) in [5.41, 5.74) is 3.87. The summed E-state index contributed by atoms with van der Waals surface area (Å²) in [7, 11) is 1.35. The average molecular weight is 257 g/mol. The number of aryl methyl sites for hydroxylation is 1. The van der Waals surface area contributed by atoms with Crippen LogP contribution in [-0.2, 0) is 4.74 Å². The first-order chi connectivity index (χ1) is 9.04. The van der Waals surface area contributed by atoms with Gasteiger partial charge in [0.05, 0.1) is 12.7 Å². The molecule has 0 aliphatic rings. The van der Waals surface area contributed by atoms with Gasteiger partial charge in [-0.2, -0.15) is 0 Å². The standard InChI is InChI=1S/C15H15NO3/c1-9-8-16-14(17)10(2)13(9)11-4-6-12(7-5-11)15(18)19-3/h4-8H,1-3H3,(H,16,17). The lowest BCUT2D eigenvalue weighted by molar-refractivity contribution is 0.0601. The van der Waals surface area contributed by atoms with Crippen molar-refractivity contribution in [2.75, 3.05) is 7.11 Å². The van der Waals surface area contributed by atoms with E-state index in [0.29, 0.717) is 11.1 Å². The van der Waals surface area contributed by atoms with Gasteiger partial charge in [0.2, 0.25) is 0 Å². The van der Waals surface area contributed by atoms with Crippen LogP contribution in [0.1, 0.15) is 21.5 Å². The largest absolute Gasteiger partial charge is 0.465 e. The van der Waals surface area contributed by atoms with Gasteiger partial charge in [-0.05, 0) is 42.7 Å². The normalized spacial score (nSPS) is 10.3. The van der Waals surface area contributed by atoms with E-state index in [1.807, 2.05) is 19.1 Å². The molecule has 19 heavy (non-hydrogen) atoms. The fraction of sp³-hybridized carbons (Fsp3) is 0.200. The van der Waals surface area contributed by atoms with E-state index in [2.05, 4.69) is 9.72 Å². The molecule has 4 nitrogen and oxygen atoms in total. The molecule has 4 heteroatoms. The highest BCUT2D eigenvalue weighted by Crippen LogP contribution is 2.24. The van der Waals surface area contributed by atoms with Crippen LogP contribution < -0.4 is 5.56 Å². The van der Waals surface area contributed by atoms with Crippen molar-refractivity contribution in [2.45, 2.75) is 13.8 Å². The number of aromatic amines is 1. The molecule has 98 valence electrons. The zero-order valence-corrected chi connectivity index (χ0v) is 11.1. The summed E-state index contributed by atoms with van der Waals surface area (Å²) in [5.74, 6) is -0.370. The third-order valence-corrected chi connectivity index (χ3v) is 3.12. The summed E-state index contributed by atoms with van der Waals surface area (Å²) in [6, 6.07) is 7.03. The number of pyridine rings is 1. The van der Waals surface area contributed by atoms with E-state index in [4.69, 9.17) is 0 Å². The fourth-order valence-electron chi connectivity index (χ4n) is 2.10. The number of hydrogen-bond donors (Lipinski definition) is 1. The Morgan fingerprint density at radius 1 is 1.16 bits per heavy atom. The molecule has 1 aromatic carbocycles. The molecule has 0 aliphatic heterocycles. The molecule has 1 aromatic heterocycles. The van der Waals surface area contributed by atoms with E-state index in [-0.39, 0.29) is 11.5 Å². The van der Waals surface area contributed by atoms with Gasteiger partial charge < -0.3 is 9.72 Å². The monoisotopic (exact) mass is 257 g/mol. The predicted octanol–water partition coefficient (Wildman–Crippen LogP) is 2.45. The number of hydrogen-bond acceptors (Lipinski definition) is 3. The molecule has 0 amide bonds. The summed E-state index contributed by atoms with van der Waals surface area (Å²) in [5, 5.41) is 0. The number of H-pyrrole nitrogens is 1. The zero-order valence-electron chi connectivity index (χ0n) is 11.1. The van der Waals surface area contributed by atoms with Gasteiger partial charge in [-0.25, -0.2) is 4.79 Å². The van der Waals surface area contributed by atoms with E-state index in [1.165, 1.54) is 7.11 Å².